The Morgan fingerprint density at radius 3 is 2.54 bits per heavy atom. The Morgan fingerprint density at radius 1 is 1.12 bits per heavy atom. The van der Waals surface area contributed by atoms with E-state index in [9.17, 15) is 24.9 Å². The van der Waals surface area contributed by atoms with Gasteiger partial charge >= 0.3 is 11.6 Å². The van der Waals surface area contributed by atoms with Gasteiger partial charge in [-0.15, -0.1) is 0 Å². The van der Waals surface area contributed by atoms with Crippen LogP contribution in [0.4, 0.5) is 0 Å². The van der Waals surface area contributed by atoms with Crippen LogP contribution in [0.5, 0.6) is 5.75 Å². The molecule has 0 saturated carbocycles. The molecule has 1 saturated heterocycles. The molecule has 1 aliphatic rings. The van der Waals surface area contributed by atoms with Crippen molar-refractivity contribution in [2.45, 2.75) is 30.7 Å². The van der Waals surface area contributed by atoms with Gasteiger partial charge in [0.1, 0.15) is 29.6 Å². The number of benzene rings is 1. The first-order valence-corrected chi connectivity index (χ1v) is 6.60. The smallest absolute Gasteiger partial charge is 0.336 e. The molecule has 0 spiro atoms. The van der Waals surface area contributed by atoms with Crippen LogP contribution < -0.4 is 10.4 Å². The Bertz CT molecular complexity index is 1060. The molecule has 0 bridgehead atoms. The van der Waals surface area contributed by atoms with Gasteiger partial charge in [0, 0.05) is 17.5 Å². The number of carbonyl (C=O) groups is 1. The summed E-state index contributed by atoms with van der Waals surface area (Å²) in [5.74, 6) is -2.44. The molecule has 1 unspecified atom stereocenters. The van der Waals surface area contributed by atoms with Crippen molar-refractivity contribution in [3.05, 3.63) is 40.6 Å². The van der Waals surface area contributed by atoms with Crippen molar-refractivity contribution in [2.24, 2.45) is 0 Å². The van der Waals surface area contributed by atoms with E-state index < -0.39 is 89.2 Å². The highest BCUT2D eigenvalue weighted by Gasteiger charge is 2.48. The number of aliphatic hydroxyl groups excluding tert-OH is 3. The van der Waals surface area contributed by atoms with Crippen LogP contribution in [0.25, 0.3) is 11.0 Å². The van der Waals surface area contributed by atoms with Gasteiger partial charge in [0.25, 0.3) is 0 Å². The summed E-state index contributed by atoms with van der Waals surface area (Å²) in [4.78, 5) is 22.8. The van der Waals surface area contributed by atoms with Gasteiger partial charge in [-0.1, -0.05) is 0 Å². The molecule has 0 aliphatic carbocycles. The van der Waals surface area contributed by atoms with Gasteiger partial charge in [-0.3, -0.25) is 0 Å². The lowest BCUT2D eigenvalue weighted by Gasteiger charge is -2.38. The van der Waals surface area contributed by atoms with Gasteiger partial charge in [-0.25, -0.2) is 9.59 Å². The summed E-state index contributed by atoms with van der Waals surface area (Å²) in [5.41, 5.74) is -1.90. The fourth-order valence-corrected chi connectivity index (χ4v) is 2.09. The fourth-order valence-electron chi connectivity index (χ4n) is 2.09. The SMILES string of the molecule is [2H]c1c(OC2O[C@H](C(=O)O)[C@@H](O)[C@H](O)[C@H]2O)c([2H])c2oc(=O)c([2H])c([2H])c2c1[2H]. The van der Waals surface area contributed by atoms with E-state index in [4.69, 9.17) is 25.9 Å². The Hall–Kier alpha value is -2.46. The largest absolute Gasteiger partial charge is 0.479 e. The molecule has 1 fully saturated rings. The van der Waals surface area contributed by atoms with Gasteiger partial charge < -0.3 is 34.3 Å². The highest BCUT2D eigenvalue weighted by atomic mass is 16.7. The van der Waals surface area contributed by atoms with E-state index >= 15 is 0 Å². The highest BCUT2D eigenvalue weighted by molar-refractivity contribution is 5.77. The number of hydrogen-bond donors (Lipinski definition) is 4. The molecule has 0 amide bonds. The number of aliphatic hydroxyl groups is 3. The molecule has 4 N–H and O–H groups in total. The van der Waals surface area contributed by atoms with Crippen LogP contribution in [-0.4, -0.2) is 57.1 Å². The molecule has 24 heavy (non-hydrogen) atoms. The Morgan fingerprint density at radius 2 is 1.83 bits per heavy atom. The topological polar surface area (TPSA) is 147 Å². The maximum Gasteiger partial charge on any atom is 0.336 e. The maximum atomic E-state index is 11.7. The molecule has 1 aromatic heterocycles. The molecule has 128 valence electrons. The summed E-state index contributed by atoms with van der Waals surface area (Å²) >= 11 is 0. The van der Waals surface area contributed by atoms with Crippen LogP contribution in [0, 0.1) is 0 Å². The first kappa shape index (κ1) is 11.2. The average Bonchev–Trinajstić information content (AvgIpc) is 2.66. The van der Waals surface area contributed by atoms with Crippen LogP contribution in [0.2, 0.25) is 0 Å². The van der Waals surface area contributed by atoms with Crippen molar-refractivity contribution in [2.75, 3.05) is 0 Å². The second-order valence-electron chi connectivity index (χ2n) is 4.90. The van der Waals surface area contributed by atoms with E-state index in [-0.39, 0.29) is 0 Å². The third-order valence-electron chi connectivity index (χ3n) is 3.29. The third kappa shape index (κ3) is 2.97. The Labute approximate surface area is 141 Å². The number of ether oxygens (including phenoxy) is 2. The zero-order chi connectivity index (χ0) is 21.8. The standard InChI is InChI=1S/C15H14O9/c16-9-4-2-6-1-3-7(5-8(6)23-9)22-15-12(19)10(17)11(18)13(24-15)14(20)21/h1-5,10-13,15,17-19H,(H,20,21)/t10-,11-,12+,13-,15?/m0/s1/i1D,2D,3D,4D,5D. The van der Waals surface area contributed by atoms with Crippen LogP contribution in [0.15, 0.2) is 39.4 Å². The van der Waals surface area contributed by atoms with Crippen LogP contribution in [0.3, 0.4) is 0 Å². The molecule has 1 aliphatic heterocycles. The van der Waals surface area contributed by atoms with Crippen molar-refractivity contribution in [1.29, 1.82) is 0 Å². The maximum absolute atomic E-state index is 11.7. The molecule has 1 aromatic carbocycles. The first-order chi connectivity index (χ1) is 13.5. The van der Waals surface area contributed by atoms with Gasteiger partial charge in [0.05, 0.1) is 6.85 Å². The first-order valence-electron chi connectivity index (χ1n) is 9.10. The summed E-state index contributed by atoms with van der Waals surface area (Å²) in [6, 6.07) is -3.92. The summed E-state index contributed by atoms with van der Waals surface area (Å²) < 4.78 is 54.1. The Kier molecular flexibility index (Phi) is 2.89. The molecule has 3 rings (SSSR count). The van der Waals surface area contributed by atoms with E-state index in [1.54, 1.807) is 0 Å². The molecule has 5 atom stereocenters. The number of rotatable bonds is 3. The summed E-state index contributed by atoms with van der Waals surface area (Å²) in [7, 11) is 0. The second-order valence-corrected chi connectivity index (χ2v) is 4.90. The quantitative estimate of drug-likeness (QED) is 0.519. The summed E-state index contributed by atoms with van der Waals surface area (Å²) in [5, 5.41) is 38.1. The van der Waals surface area contributed by atoms with E-state index in [2.05, 4.69) is 0 Å². The van der Waals surface area contributed by atoms with E-state index in [1.165, 1.54) is 0 Å². The monoisotopic (exact) mass is 343 g/mol. The van der Waals surface area contributed by atoms with Crippen LogP contribution in [-0.2, 0) is 9.53 Å². The highest BCUT2D eigenvalue weighted by Crippen LogP contribution is 2.26. The number of fused-ring (bicyclic) bond motifs is 1. The normalized spacial score (nSPS) is 33.1. The minimum Gasteiger partial charge on any atom is -0.479 e. The number of carboxylic acid groups (broad SMARTS) is 1. The number of hydrogen-bond acceptors (Lipinski definition) is 8. The zero-order valence-electron chi connectivity index (χ0n) is 16.7. The van der Waals surface area contributed by atoms with Crippen molar-refractivity contribution >= 4 is 16.9 Å². The lowest BCUT2D eigenvalue weighted by Crippen LogP contribution is -2.61. The average molecular weight is 343 g/mol. The van der Waals surface area contributed by atoms with Crippen molar-refractivity contribution in [1.82, 2.24) is 0 Å². The van der Waals surface area contributed by atoms with Gasteiger partial charge in [0.2, 0.25) is 6.29 Å². The molecule has 2 aromatic rings. The molecule has 9 nitrogen and oxygen atoms in total. The molecular weight excluding hydrogens is 324 g/mol. The molecule has 0 radical (unpaired) electrons. The minimum atomic E-state index is -2.00. The Balaban J connectivity index is 2.12. The molecular formula is C15H14O9. The third-order valence-corrected chi connectivity index (χ3v) is 3.29. The second kappa shape index (κ2) is 6.21. The molecule has 9 heteroatoms. The van der Waals surface area contributed by atoms with Crippen molar-refractivity contribution < 1.29 is 46.0 Å². The number of carboxylic acids is 1. The van der Waals surface area contributed by atoms with Gasteiger partial charge in [-0.2, -0.15) is 0 Å². The lowest BCUT2D eigenvalue weighted by molar-refractivity contribution is -0.271. The lowest BCUT2D eigenvalue weighted by atomic mass is 9.99. The minimum absolute atomic E-state index is 0.457. The van der Waals surface area contributed by atoms with Crippen molar-refractivity contribution in [3.8, 4) is 5.75 Å². The zero-order valence-corrected chi connectivity index (χ0v) is 11.7. The van der Waals surface area contributed by atoms with Crippen LogP contribution >= 0.6 is 0 Å². The number of aliphatic carboxylic acids is 1. The fraction of sp³-hybridized carbons (Fsp3) is 0.333. The van der Waals surface area contributed by atoms with E-state index in [0.717, 1.165) is 0 Å². The summed E-state index contributed by atoms with van der Waals surface area (Å²) in [6.45, 7) is 0. The van der Waals surface area contributed by atoms with Gasteiger partial charge in [0.15, 0.2) is 6.10 Å². The molecule has 2 heterocycles. The predicted molar refractivity (Wildman–Crippen MR) is 77.4 cm³/mol. The van der Waals surface area contributed by atoms with Crippen molar-refractivity contribution in [3.63, 3.8) is 0 Å². The van der Waals surface area contributed by atoms with E-state index in [1.807, 2.05) is 0 Å². The van der Waals surface area contributed by atoms with Gasteiger partial charge in [-0.05, 0) is 18.1 Å². The summed E-state index contributed by atoms with van der Waals surface area (Å²) in [6.07, 6.45) is -9.94. The predicted octanol–water partition coefficient (Wildman–Crippen LogP) is -0.936. The van der Waals surface area contributed by atoms with Crippen LogP contribution in [0.1, 0.15) is 6.85 Å². The van der Waals surface area contributed by atoms with E-state index in [0.29, 0.717) is 0 Å².